The molecule has 3 aromatic rings. The molecular weight excluding hydrogens is 435 g/mol. The van der Waals surface area contributed by atoms with E-state index in [-0.39, 0.29) is 5.91 Å². The van der Waals surface area contributed by atoms with Crippen LogP contribution >= 0.6 is 35.0 Å². The van der Waals surface area contributed by atoms with Crippen LogP contribution in [-0.2, 0) is 4.79 Å². The van der Waals surface area contributed by atoms with Crippen LogP contribution in [0, 0.1) is 13.8 Å². The first-order valence-electron chi connectivity index (χ1n) is 9.32. The molecule has 0 saturated carbocycles. The largest absolute Gasteiger partial charge is 0.271 e. The Bertz CT molecular complexity index is 1150. The number of thioether (sulfide) groups is 1. The highest BCUT2D eigenvalue weighted by Gasteiger charge is 2.35. The zero-order valence-electron chi connectivity index (χ0n) is 16.4. The van der Waals surface area contributed by atoms with Gasteiger partial charge in [0.15, 0.2) is 5.17 Å². The van der Waals surface area contributed by atoms with E-state index in [1.165, 1.54) is 11.8 Å². The number of aliphatic imine (C=N–C) groups is 1. The van der Waals surface area contributed by atoms with Crippen LogP contribution in [0.3, 0.4) is 0 Å². The molecule has 6 heteroatoms. The van der Waals surface area contributed by atoms with Gasteiger partial charge in [0.2, 0.25) is 0 Å². The maximum absolute atomic E-state index is 13.3. The molecule has 0 bridgehead atoms. The summed E-state index contributed by atoms with van der Waals surface area (Å²) in [6, 6.07) is 20.9. The molecule has 1 heterocycles. The van der Waals surface area contributed by atoms with Crippen molar-refractivity contribution in [3.05, 3.63) is 98.4 Å². The third-order valence-electron chi connectivity index (χ3n) is 4.63. The van der Waals surface area contributed by atoms with E-state index in [0.29, 0.717) is 25.7 Å². The number of aryl methyl sites for hydroxylation is 2. The number of rotatable bonds is 3. The lowest BCUT2D eigenvalue weighted by Crippen LogP contribution is -2.28. The lowest BCUT2D eigenvalue weighted by Gasteiger charge is -2.16. The highest BCUT2D eigenvalue weighted by molar-refractivity contribution is 8.19. The number of hydrogen-bond donors (Lipinski definition) is 0. The normalized spacial score (nSPS) is 16.7. The Morgan fingerprint density at radius 3 is 2.03 bits per heavy atom. The van der Waals surface area contributed by atoms with Crippen molar-refractivity contribution in [3.8, 4) is 0 Å². The van der Waals surface area contributed by atoms with Gasteiger partial charge in [-0.3, -0.25) is 9.69 Å². The first-order valence-corrected chi connectivity index (χ1v) is 10.9. The van der Waals surface area contributed by atoms with Gasteiger partial charge in [0.25, 0.3) is 5.91 Å². The van der Waals surface area contributed by atoms with Crippen molar-refractivity contribution < 1.29 is 4.79 Å². The molecule has 3 nitrogen and oxygen atoms in total. The molecule has 150 valence electrons. The van der Waals surface area contributed by atoms with E-state index in [1.54, 1.807) is 29.2 Å². The van der Waals surface area contributed by atoms with Gasteiger partial charge in [-0.05, 0) is 68.1 Å². The van der Waals surface area contributed by atoms with Gasteiger partial charge in [-0.25, -0.2) is 4.99 Å². The molecule has 0 aromatic heterocycles. The van der Waals surface area contributed by atoms with Crippen molar-refractivity contribution in [2.24, 2.45) is 4.99 Å². The zero-order valence-corrected chi connectivity index (χ0v) is 18.7. The summed E-state index contributed by atoms with van der Waals surface area (Å²) in [6.07, 6.45) is 1.73. The van der Waals surface area contributed by atoms with Gasteiger partial charge in [0.05, 0.1) is 16.3 Å². The van der Waals surface area contributed by atoms with Crippen LogP contribution < -0.4 is 4.90 Å². The van der Waals surface area contributed by atoms with Gasteiger partial charge in [0.1, 0.15) is 0 Å². The first kappa shape index (κ1) is 20.7. The Morgan fingerprint density at radius 1 is 0.867 bits per heavy atom. The van der Waals surface area contributed by atoms with Crippen molar-refractivity contribution in [2.45, 2.75) is 13.8 Å². The Morgan fingerprint density at radius 2 is 1.43 bits per heavy atom. The summed E-state index contributed by atoms with van der Waals surface area (Å²) in [6.45, 7) is 4.04. The van der Waals surface area contributed by atoms with E-state index in [4.69, 9.17) is 28.2 Å². The number of amidine groups is 1. The minimum absolute atomic E-state index is 0.161. The van der Waals surface area contributed by atoms with E-state index < -0.39 is 0 Å². The molecule has 30 heavy (non-hydrogen) atoms. The average molecular weight is 453 g/mol. The Labute approximate surface area is 190 Å². The summed E-state index contributed by atoms with van der Waals surface area (Å²) in [5.74, 6) is -0.161. The molecule has 0 aliphatic carbocycles. The number of halogens is 2. The molecule has 0 spiro atoms. The van der Waals surface area contributed by atoms with E-state index in [2.05, 4.69) is 0 Å². The number of hydrogen-bond acceptors (Lipinski definition) is 3. The van der Waals surface area contributed by atoms with Gasteiger partial charge >= 0.3 is 0 Å². The monoisotopic (exact) mass is 452 g/mol. The number of anilines is 1. The highest BCUT2D eigenvalue weighted by atomic mass is 35.5. The molecule has 1 amide bonds. The van der Waals surface area contributed by atoms with Crippen LogP contribution in [0.4, 0.5) is 11.4 Å². The Balaban J connectivity index is 1.80. The molecule has 0 unspecified atom stereocenters. The predicted molar refractivity (Wildman–Crippen MR) is 129 cm³/mol. The summed E-state index contributed by atoms with van der Waals surface area (Å²) >= 11 is 13.9. The summed E-state index contributed by atoms with van der Waals surface area (Å²) < 4.78 is 0. The van der Waals surface area contributed by atoms with Crippen molar-refractivity contribution in [2.75, 3.05) is 4.90 Å². The number of nitrogens with zero attached hydrogens (tertiary/aromatic N) is 2. The summed E-state index contributed by atoms with van der Waals surface area (Å²) in [7, 11) is 0. The molecule has 1 aliphatic rings. The SMILES string of the molecule is Cc1ccc(N=C2SC(=Cc3c(Cl)cccc3Cl)C(=O)N2c2ccc(C)cc2)cc1. The topological polar surface area (TPSA) is 32.7 Å². The summed E-state index contributed by atoms with van der Waals surface area (Å²) in [5.41, 5.74) is 4.44. The van der Waals surface area contributed by atoms with Crippen molar-refractivity contribution in [3.63, 3.8) is 0 Å². The van der Waals surface area contributed by atoms with Crippen molar-refractivity contribution in [1.29, 1.82) is 0 Å². The van der Waals surface area contributed by atoms with Gasteiger partial charge < -0.3 is 0 Å². The molecule has 3 aromatic carbocycles. The van der Waals surface area contributed by atoms with E-state index in [9.17, 15) is 4.79 Å². The minimum atomic E-state index is -0.161. The van der Waals surface area contributed by atoms with Gasteiger partial charge in [-0.2, -0.15) is 0 Å². The molecule has 0 radical (unpaired) electrons. The molecule has 1 fully saturated rings. The smallest absolute Gasteiger partial charge is 0.268 e. The van der Waals surface area contributed by atoms with E-state index in [1.807, 2.05) is 62.4 Å². The average Bonchev–Trinajstić information content (AvgIpc) is 3.02. The number of benzene rings is 3. The quantitative estimate of drug-likeness (QED) is 0.387. The predicted octanol–water partition coefficient (Wildman–Crippen LogP) is 7.42. The second-order valence-electron chi connectivity index (χ2n) is 6.95. The molecule has 4 rings (SSSR count). The van der Waals surface area contributed by atoms with Crippen LogP contribution in [0.25, 0.3) is 6.08 Å². The molecule has 1 aliphatic heterocycles. The van der Waals surface area contributed by atoms with Crippen LogP contribution in [-0.4, -0.2) is 11.1 Å². The van der Waals surface area contributed by atoms with Gasteiger partial charge in [0, 0.05) is 15.6 Å². The summed E-state index contributed by atoms with van der Waals surface area (Å²) in [5, 5.41) is 1.57. The Hall–Kier alpha value is -2.53. The Kier molecular flexibility index (Phi) is 6.00. The molecular formula is C24H18Cl2N2OS. The second-order valence-corrected chi connectivity index (χ2v) is 8.78. The fourth-order valence-electron chi connectivity index (χ4n) is 2.98. The fraction of sp³-hybridized carbons (Fsp3) is 0.0833. The second kappa shape index (κ2) is 8.68. The van der Waals surface area contributed by atoms with Crippen LogP contribution in [0.15, 0.2) is 76.6 Å². The van der Waals surface area contributed by atoms with Crippen LogP contribution in [0.1, 0.15) is 16.7 Å². The van der Waals surface area contributed by atoms with Crippen molar-refractivity contribution >= 4 is 63.5 Å². The van der Waals surface area contributed by atoms with Gasteiger partial charge in [-0.1, -0.05) is 64.7 Å². The van der Waals surface area contributed by atoms with Crippen LogP contribution in [0.5, 0.6) is 0 Å². The number of carbonyl (C=O) groups is 1. The maximum atomic E-state index is 13.3. The van der Waals surface area contributed by atoms with E-state index in [0.717, 1.165) is 22.5 Å². The van der Waals surface area contributed by atoms with Gasteiger partial charge in [-0.15, -0.1) is 0 Å². The summed E-state index contributed by atoms with van der Waals surface area (Å²) in [4.78, 5) is 20.2. The molecule has 0 atom stereocenters. The fourth-order valence-corrected chi connectivity index (χ4v) is 4.47. The van der Waals surface area contributed by atoms with Crippen molar-refractivity contribution in [1.82, 2.24) is 0 Å². The lowest BCUT2D eigenvalue weighted by molar-refractivity contribution is -0.113. The molecule has 1 saturated heterocycles. The highest BCUT2D eigenvalue weighted by Crippen LogP contribution is 2.39. The minimum Gasteiger partial charge on any atom is -0.268 e. The standard InChI is InChI=1S/C24H18Cl2N2OS/c1-15-6-10-17(11-7-15)27-24-28(18-12-8-16(2)9-13-18)23(29)22(30-24)14-19-20(25)4-3-5-21(19)26/h3-14H,1-2H3. The maximum Gasteiger partial charge on any atom is 0.271 e. The number of carbonyl (C=O) groups excluding carboxylic acids is 1. The lowest BCUT2D eigenvalue weighted by atomic mass is 10.2. The molecule has 0 N–H and O–H groups in total. The third-order valence-corrected chi connectivity index (χ3v) is 6.26. The number of amides is 1. The third kappa shape index (κ3) is 4.31. The van der Waals surface area contributed by atoms with E-state index >= 15 is 0 Å². The first-order chi connectivity index (χ1) is 14.4. The van der Waals surface area contributed by atoms with Crippen LogP contribution in [0.2, 0.25) is 10.0 Å². The zero-order chi connectivity index (χ0) is 21.3.